The SMILES string of the molecule is C[C@@H](N)C(=O)NCC1(N)CCCCC1. The van der Waals surface area contributed by atoms with Crippen molar-refractivity contribution < 1.29 is 4.79 Å². The third-order valence-electron chi connectivity index (χ3n) is 2.88. The van der Waals surface area contributed by atoms with Crippen LogP contribution in [-0.4, -0.2) is 24.0 Å². The maximum absolute atomic E-state index is 11.2. The Morgan fingerprint density at radius 1 is 1.43 bits per heavy atom. The summed E-state index contributed by atoms with van der Waals surface area (Å²) in [5, 5.41) is 2.80. The van der Waals surface area contributed by atoms with Crippen LogP contribution >= 0.6 is 0 Å². The summed E-state index contributed by atoms with van der Waals surface area (Å²) in [5.74, 6) is -0.111. The number of nitrogens with two attached hydrogens (primary N) is 2. The molecule has 0 saturated heterocycles. The van der Waals surface area contributed by atoms with Gasteiger partial charge in [-0.3, -0.25) is 4.79 Å². The van der Waals surface area contributed by atoms with Crippen molar-refractivity contribution in [2.45, 2.75) is 50.6 Å². The molecule has 0 aromatic carbocycles. The van der Waals surface area contributed by atoms with E-state index in [9.17, 15) is 4.79 Å². The number of nitrogens with one attached hydrogen (secondary N) is 1. The first kappa shape index (κ1) is 11.5. The summed E-state index contributed by atoms with van der Waals surface area (Å²) in [4.78, 5) is 11.2. The van der Waals surface area contributed by atoms with Gasteiger partial charge in [-0.25, -0.2) is 0 Å². The number of hydrogen-bond donors (Lipinski definition) is 3. The zero-order chi connectivity index (χ0) is 10.6. The Morgan fingerprint density at radius 3 is 2.50 bits per heavy atom. The van der Waals surface area contributed by atoms with Gasteiger partial charge < -0.3 is 16.8 Å². The molecule has 0 heterocycles. The van der Waals surface area contributed by atoms with Crippen LogP contribution in [0, 0.1) is 0 Å². The molecule has 1 aliphatic rings. The predicted molar refractivity (Wildman–Crippen MR) is 56.7 cm³/mol. The van der Waals surface area contributed by atoms with Gasteiger partial charge in [0.25, 0.3) is 0 Å². The first-order valence-corrected chi connectivity index (χ1v) is 5.36. The number of carbonyl (C=O) groups is 1. The van der Waals surface area contributed by atoms with E-state index in [4.69, 9.17) is 11.5 Å². The van der Waals surface area contributed by atoms with Crippen LogP contribution in [0.15, 0.2) is 0 Å². The highest BCUT2D eigenvalue weighted by molar-refractivity contribution is 5.81. The molecule has 0 aliphatic heterocycles. The lowest BCUT2D eigenvalue weighted by atomic mass is 9.82. The maximum atomic E-state index is 11.2. The molecule has 1 amide bonds. The molecule has 4 heteroatoms. The molecule has 1 aliphatic carbocycles. The van der Waals surface area contributed by atoms with Crippen molar-refractivity contribution in [1.82, 2.24) is 5.32 Å². The summed E-state index contributed by atoms with van der Waals surface area (Å²) < 4.78 is 0. The van der Waals surface area contributed by atoms with Crippen LogP contribution in [0.25, 0.3) is 0 Å². The van der Waals surface area contributed by atoms with Crippen molar-refractivity contribution in [2.75, 3.05) is 6.54 Å². The minimum absolute atomic E-state index is 0.111. The summed E-state index contributed by atoms with van der Waals surface area (Å²) in [7, 11) is 0. The molecule has 0 bridgehead atoms. The van der Waals surface area contributed by atoms with Crippen molar-refractivity contribution in [1.29, 1.82) is 0 Å². The molecule has 14 heavy (non-hydrogen) atoms. The highest BCUT2D eigenvalue weighted by Crippen LogP contribution is 2.24. The third-order valence-corrected chi connectivity index (χ3v) is 2.88. The summed E-state index contributed by atoms with van der Waals surface area (Å²) in [6.45, 7) is 2.24. The van der Waals surface area contributed by atoms with Crippen LogP contribution in [0.5, 0.6) is 0 Å². The Labute approximate surface area is 85.4 Å². The highest BCUT2D eigenvalue weighted by Gasteiger charge is 2.27. The van der Waals surface area contributed by atoms with E-state index in [1.165, 1.54) is 19.3 Å². The fourth-order valence-corrected chi connectivity index (χ4v) is 1.86. The molecular weight excluding hydrogens is 178 g/mol. The molecule has 4 nitrogen and oxygen atoms in total. The van der Waals surface area contributed by atoms with Gasteiger partial charge in [-0.2, -0.15) is 0 Å². The molecule has 1 saturated carbocycles. The smallest absolute Gasteiger partial charge is 0.236 e. The van der Waals surface area contributed by atoms with Crippen molar-refractivity contribution >= 4 is 5.91 Å². The van der Waals surface area contributed by atoms with E-state index in [1.54, 1.807) is 6.92 Å². The Hall–Kier alpha value is -0.610. The monoisotopic (exact) mass is 199 g/mol. The Kier molecular flexibility index (Phi) is 3.89. The van der Waals surface area contributed by atoms with Gasteiger partial charge in [-0.05, 0) is 19.8 Å². The molecule has 0 aromatic heterocycles. The number of rotatable bonds is 3. The lowest BCUT2D eigenvalue weighted by Crippen LogP contribution is -2.53. The average Bonchev–Trinajstić information content (AvgIpc) is 2.15. The molecule has 1 fully saturated rings. The van der Waals surface area contributed by atoms with Gasteiger partial charge in [0.05, 0.1) is 6.04 Å². The standard InChI is InChI=1S/C10H21N3O/c1-8(11)9(14)13-7-10(12)5-3-2-4-6-10/h8H,2-7,11-12H2,1H3,(H,13,14)/t8-/m1/s1. The summed E-state index contributed by atoms with van der Waals surface area (Å²) in [6, 6.07) is -0.442. The van der Waals surface area contributed by atoms with Crippen molar-refractivity contribution in [3.63, 3.8) is 0 Å². The number of hydrogen-bond acceptors (Lipinski definition) is 3. The molecule has 1 atom stereocenters. The molecule has 0 aromatic rings. The lowest BCUT2D eigenvalue weighted by Gasteiger charge is -2.33. The lowest BCUT2D eigenvalue weighted by molar-refractivity contribution is -0.122. The van der Waals surface area contributed by atoms with Crippen LogP contribution in [0.4, 0.5) is 0 Å². The van der Waals surface area contributed by atoms with E-state index in [0.717, 1.165) is 12.8 Å². The second-order valence-corrected chi connectivity index (χ2v) is 4.43. The van der Waals surface area contributed by atoms with Crippen molar-refractivity contribution in [3.05, 3.63) is 0 Å². The maximum Gasteiger partial charge on any atom is 0.236 e. The molecule has 5 N–H and O–H groups in total. The topological polar surface area (TPSA) is 81.1 Å². The van der Waals surface area contributed by atoms with Gasteiger partial charge >= 0.3 is 0 Å². The number of amides is 1. The first-order chi connectivity index (χ1) is 6.53. The van der Waals surface area contributed by atoms with E-state index in [1.807, 2.05) is 0 Å². The molecule has 0 unspecified atom stereocenters. The third kappa shape index (κ3) is 3.27. The molecule has 0 radical (unpaired) electrons. The quantitative estimate of drug-likeness (QED) is 0.603. The van der Waals surface area contributed by atoms with Crippen LogP contribution in [0.2, 0.25) is 0 Å². The fraction of sp³-hybridized carbons (Fsp3) is 0.900. The normalized spacial score (nSPS) is 22.8. The second-order valence-electron chi connectivity index (χ2n) is 4.43. The second kappa shape index (κ2) is 4.75. The van der Waals surface area contributed by atoms with E-state index >= 15 is 0 Å². The van der Waals surface area contributed by atoms with Crippen LogP contribution in [0.1, 0.15) is 39.0 Å². The van der Waals surface area contributed by atoms with Crippen LogP contribution in [-0.2, 0) is 4.79 Å². The van der Waals surface area contributed by atoms with E-state index < -0.39 is 6.04 Å². The molecular formula is C10H21N3O. The Morgan fingerprint density at radius 2 is 2.00 bits per heavy atom. The minimum Gasteiger partial charge on any atom is -0.353 e. The zero-order valence-corrected chi connectivity index (χ0v) is 8.88. The minimum atomic E-state index is -0.442. The average molecular weight is 199 g/mol. The van der Waals surface area contributed by atoms with Gasteiger partial charge in [-0.15, -0.1) is 0 Å². The van der Waals surface area contributed by atoms with Gasteiger partial charge in [0.2, 0.25) is 5.91 Å². The van der Waals surface area contributed by atoms with Crippen molar-refractivity contribution in [2.24, 2.45) is 11.5 Å². The first-order valence-electron chi connectivity index (χ1n) is 5.36. The zero-order valence-electron chi connectivity index (χ0n) is 8.88. The predicted octanol–water partition coefficient (Wildman–Crippen LogP) is 0.111. The summed E-state index contributed by atoms with van der Waals surface area (Å²) >= 11 is 0. The van der Waals surface area contributed by atoms with E-state index in [2.05, 4.69) is 5.32 Å². The summed E-state index contributed by atoms with van der Waals surface area (Å²) in [6.07, 6.45) is 5.62. The van der Waals surface area contributed by atoms with Crippen molar-refractivity contribution in [3.8, 4) is 0 Å². The van der Waals surface area contributed by atoms with E-state index in [-0.39, 0.29) is 11.4 Å². The molecule has 82 valence electrons. The molecule has 1 rings (SSSR count). The largest absolute Gasteiger partial charge is 0.353 e. The van der Waals surface area contributed by atoms with Crippen LogP contribution in [0.3, 0.4) is 0 Å². The fourth-order valence-electron chi connectivity index (χ4n) is 1.86. The Balaban J connectivity index is 2.32. The van der Waals surface area contributed by atoms with E-state index in [0.29, 0.717) is 6.54 Å². The van der Waals surface area contributed by atoms with Gasteiger partial charge in [0, 0.05) is 12.1 Å². The van der Waals surface area contributed by atoms with Gasteiger partial charge in [0.1, 0.15) is 0 Å². The highest BCUT2D eigenvalue weighted by atomic mass is 16.2. The van der Waals surface area contributed by atoms with Gasteiger partial charge in [0.15, 0.2) is 0 Å². The summed E-state index contributed by atoms with van der Waals surface area (Å²) in [5.41, 5.74) is 11.4. The number of carbonyl (C=O) groups excluding carboxylic acids is 1. The molecule has 0 spiro atoms. The Bertz CT molecular complexity index is 198. The van der Waals surface area contributed by atoms with Crippen LogP contribution < -0.4 is 16.8 Å². The van der Waals surface area contributed by atoms with Gasteiger partial charge in [-0.1, -0.05) is 19.3 Å².